The second-order valence-corrected chi connectivity index (χ2v) is 5.23. The van der Waals surface area contributed by atoms with Gasteiger partial charge in [-0.1, -0.05) is 0 Å². The van der Waals surface area contributed by atoms with Gasteiger partial charge in [0, 0.05) is 17.2 Å². The number of benzene rings is 2. The van der Waals surface area contributed by atoms with Crippen LogP contribution in [-0.2, 0) is 0 Å². The largest absolute Gasteiger partial charge is 0.453 e. The van der Waals surface area contributed by atoms with Crippen molar-refractivity contribution in [2.24, 2.45) is 0 Å². The van der Waals surface area contributed by atoms with Crippen molar-refractivity contribution in [1.82, 2.24) is 0 Å². The molecule has 0 bridgehead atoms. The second kappa shape index (κ2) is 6.11. The quantitative estimate of drug-likeness (QED) is 0.536. The van der Waals surface area contributed by atoms with Crippen molar-refractivity contribution in [3.8, 4) is 11.3 Å². The lowest BCUT2D eigenvalue weighted by Gasteiger charge is -2.11. The Morgan fingerprint density at radius 1 is 1.04 bits per heavy atom. The van der Waals surface area contributed by atoms with Crippen molar-refractivity contribution in [1.29, 1.82) is 0 Å². The van der Waals surface area contributed by atoms with Crippen molar-refractivity contribution in [3.05, 3.63) is 57.5 Å². The summed E-state index contributed by atoms with van der Waals surface area (Å²) >= 11 is 0. The van der Waals surface area contributed by atoms with Crippen LogP contribution in [0.25, 0.3) is 22.3 Å². The number of rotatable bonds is 3. The van der Waals surface area contributed by atoms with Crippen molar-refractivity contribution in [2.75, 3.05) is 11.0 Å². The van der Waals surface area contributed by atoms with Crippen molar-refractivity contribution in [2.45, 2.75) is 6.92 Å². The van der Waals surface area contributed by atoms with Crippen LogP contribution in [0.2, 0.25) is 0 Å². The van der Waals surface area contributed by atoms with Gasteiger partial charge >= 0.3 is 0 Å². The molecule has 1 aromatic heterocycles. The van der Waals surface area contributed by atoms with Crippen LogP contribution in [0.5, 0.6) is 0 Å². The molecule has 3 rings (SSSR count). The summed E-state index contributed by atoms with van der Waals surface area (Å²) in [5, 5.41) is 17.3. The molecule has 0 fully saturated rings. The van der Waals surface area contributed by atoms with Gasteiger partial charge in [0.2, 0.25) is 0 Å². The van der Waals surface area contributed by atoms with E-state index in [0.717, 1.165) is 19.1 Å². The Kier molecular flexibility index (Phi) is 4.11. The molecular weight excluding hydrogens is 341 g/mol. The van der Waals surface area contributed by atoms with Crippen LogP contribution < -0.4 is 16.4 Å². The number of hydrogen-bond acceptors (Lipinski definition) is 6. The molecule has 0 unspecified atom stereocenters. The minimum absolute atomic E-state index is 0.0929. The minimum atomic E-state index is -1.13. The molecule has 3 aromatic rings. The number of anilines is 2. The average Bonchev–Trinajstić information content (AvgIpc) is 2.60. The summed E-state index contributed by atoms with van der Waals surface area (Å²) < 4.78 is 47.4. The Bertz CT molecular complexity index is 1050. The molecule has 0 aliphatic heterocycles. The Balaban J connectivity index is 2.34. The van der Waals surface area contributed by atoms with Crippen LogP contribution in [0.3, 0.4) is 0 Å². The highest BCUT2D eigenvalue weighted by Gasteiger charge is 2.22. The third kappa shape index (κ3) is 2.59. The van der Waals surface area contributed by atoms with Crippen LogP contribution in [0.4, 0.5) is 24.5 Å². The second-order valence-electron chi connectivity index (χ2n) is 5.23. The van der Waals surface area contributed by atoms with Gasteiger partial charge in [-0.25, -0.2) is 13.2 Å². The Morgan fingerprint density at radius 3 is 2.36 bits per heavy atom. The van der Waals surface area contributed by atoms with E-state index in [4.69, 9.17) is 14.8 Å². The molecule has 6 nitrogen and oxygen atoms in total. The molecule has 130 valence electrons. The lowest BCUT2D eigenvalue weighted by atomic mass is 10.1. The molecular formula is C16H11F3N2O4. The maximum atomic E-state index is 14.3. The third-order valence-corrected chi connectivity index (χ3v) is 3.76. The fraction of sp³-hybridized carbons (Fsp3) is 0.0625. The van der Waals surface area contributed by atoms with Crippen LogP contribution >= 0.6 is 0 Å². The number of fused-ring (bicyclic) bond motifs is 1. The Hall–Kier alpha value is -3.04. The van der Waals surface area contributed by atoms with Crippen LogP contribution in [0, 0.1) is 24.4 Å². The van der Waals surface area contributed by atoms with Crippen LogP contribution in [-0.4, -0.2) is 10.4 Å². The minimum Gasteiger partial charge on any atom is -0.453 e. The molecule has 4 N–H and O–H groups in total. The lowest BCUT2D eigenvalue weighted by Crippen LogP contribution is -2.09. The molecule has 0 spiro atoms. The van der Waals surface area contributed by atoms with Gasteiger partial charge in [0.15, 0.2) is 22.6 Å². The molecule has 2 aromatic carbocycles. The standard InChI is InChI=1S/C16H11F3N2O4/c1-6-13(18)15(21-24)12-10(22)5-11(25-16(12)14(6)19)7-2-3-9(20-23)8(17)4-7/h2-5,20-21,23-24H,1H3. The lowest BCUT2D eigenvalue weighted by molar-refractivity contribution is 0.383. The number of nitrogens with one attached hydrogen (secondary N) is 2. The average molecular weight is 352 g/mol. The zero-order valence-corrected chi connectivity index (χ0v) is 12.7. The van der Waals surface area contributed by atoms with E-state index in [9.17, 15) is 18.0 Å². The first-order valence-corrected chi connectivity index (χ1v) is 6.94. The fourth-order valence-electron chi connectivity index (χ4n) is 2.46. The first-order chi connectivity index (χ1) is 11.9. The van der Waals surface area contributed by atoms with E-state index in [1.54, 1.807) is 5.48 Å². The van der Waals surface area contributed by atoms with Gasteiger partial charge < -0.3 is 4.42 Å². The van der Waals surface area contributed by atoms with Gasteiger partial charge in [-0.3, -0.25) is 26.2 Å². The van der Waals surface area contributed by atoms with Gasteiger partial charge in [-0.2, -0.15) is 0 Å². The summed E-state index contributed by atoms with van der Waals surface area (Å²) in [5.74, 6) is -3.25. The molecule has 1 heterocycles. The number of hydrogen-bond donors (Lipinski definition) is 4. The van der Waals surface area contributed by atoms with E-state index < -0.39 is 45.1 Å². The molecule has 0 radical (unpaired) electrons. The first-order valence-electron chi connectivity index (χ1n) is 6.94. The van der Waals surface area contributed by atoms with E-state index in [1.807, 2.05) is 0 Å². The highest BCUT2D eigenvalue weighted by atomic mass is 19.1. The van der Waals surface area contributed by atoms with Gasteiger partial charge in [-0.05, 0) is 25.1 Å². The third-order valence-electron chi connectivity index (χ3n) is 3.76. The van der Waals surface area contributed by atoms with Crippen molar-refractivity contribution in [3.63, 3.8) is 0 Å². The van der Waals surface area contributed by atoms with Crippen LogP contribution in [0.15, 0.2) is 33.5 Å². The maximum Gasteiger partial charge on any atom is 0.195 e. The van der Waals surface area contributed by atoms with Gasteiger partial charge in [0.1, 0.15) is 17.3 Å². The predicted molar refractivity (Wildman–Crippen MR) is 83.3 cm³/mol. The zero-order valence-electron chi connectivity index (χ0n) is 12.7. The van der Waals surface area contributed by atoms with Gasteiger partial charge in [0.25, 0.3) is 0 Å². The summed E-state index contributed by atoms with van der Waals surface area (Å²) in [6, 6.07) is 4.38. The summed E-state index contributed by atoms with van der Waals surface area (Å²) in [5.41, 5.74) is 0.576. The molecule has 0 aliphatic carbocycles. The summed E-state index contributed by atoms with van der Waals surface area (Å²) in [4.78, 5) is 12.3. The molecule has 9 heteroatoms. The molecule has 0 saturated heterocycles. The van der Waals surface area contributed by atoms with E-state index in [2.05, 4.69) is 0 Å². The summed E-state index contributed by atoms with van der Waals surface area (Å²) in [6.07, 6.45) is 0. The predicted octanol–water partition coefficient (Wildman–Crippen LogP) is 3.79. The van der Waals surface area contributed by atoms with Crippen molar-refractivity contribution >= 4 is 22.3 Å². The van der Waals surface area contributed by atoms with E-state index in [0.29, 0.717) is 0 Å². The molecule has 0 saturated carbocycles. The monoisotopic (exact) mass is 352 g/mol. The first kappa shape index (κ1) is 16.8. The Labute approximate surface area is 138 Å². The highest BCUT2D eigenvalue weighted by molar-refractivity contribution is 5.92. The molecule has 0 atom stereocenters. The summed E-state index contributed by atoms with van der Waals surface area (Å²) in [6.45, 7) is 1.11. The molecule has 0 amide bonds. The van der Waals surface area contributed by atoms with Crippen LogP contribution in [0.1, 0.15) is 5.56 Å². The topological polar surface area (TPSA) is 94.7 Å². The van der Waals surface area contributed by atoms with Gasteiger partial charge in [-0.15, -0.1) is 0 Å². The fourth-order valence-corrected chi connectivity index (χ4v) is 2.46. The van der Waals surface area contributed by atoms with E-state index >= 15 is 0 Å². The maximum absolute atomic E-state index is 14.3. The Morgan fingerprint density at radius 2 is 1.76 bits per heavy atom. The smallest absolute Gasteiger partial charge is 0.195 e. The van der Waals surface area contributed by atoms with E-state index in [-0.39, 0.29) is 17.0 Å². The van der Waals surface area contributed by atoms with Gasteiger partial charge in [0.05, 0.1) is 11.1 Å². The van der Waals surface area contributed by atoms with E-state index in [1.165, 1.54) is 17.6 Å². The normalized spacial score (nSPS) is 11.0. The molecule has 25 heavy (non-hydrogen) atoms. The SMILES string of the molecule is Cc1c(F)c(NO)c2c(=O)cc(-c3ccc(NO)c(F)c3)oc2c1F. The summed E-state index contributed by atoms with van der Waals surface area (Å²) in [7, 11) is 0. The zero-order chi connectivity index (χ0) is 18.3. The number of halogens is 3. The highest BCUT2D eigenvalue weighted by Crippen LogP contribution is 2.33. The van der Waals surface area contributed by atoms with Crippen molar-refractivity contribution < 1.29 is 28.0 Å². The molecule has 0 aliphatic rings.